The van der Waals surface area contributed by atoms with Crippen molar-refractivity contribution < 1.29 is 18.7 Å². The molecule has 1 fully saturated rings. The van der Waals surface area contributed by atoms with Crippen LogP contribution in [0.2, 0.25) is 5.02 Å². The summed E-state index contributed by atoms with van der Waals surface area (Å²) in [6.45, 7) is 4.34. The molecule has 0 radical (unpaired) electrons. The normalized spacial score (nSPS) is 17.6. The molecule has 2 aliphatic rings. The van der Waals surface area contributed by atoms with Crippen LogP contribution in [0, 0.1) is 18.6 Å². The van der Waals surface area contributed by atoms with Gasteiger partial charge in [0, 0.05) is 48.1 Å². The number of aryl methyl sites for hydroxylation is 1. The highest BCUT2D eigenvalue weighted by atomic mass is 35.5. The first-order valence-corrected chi connectivity index (χ1v) is 12.1. The topological polar surface area (TPSA) is 59.4 Å². The fraction of sp³-hybridized carbons (Fsp3) is 0.259. The smallest absolute Gasteiger partial charge is 0.305 e. The predicted molar refractivity (Wildman–Crippen MR) is 137 cm³/mol. The molecule has 5 rings (SSSR count). The van der Waals surface area contributed by atoms with Crippen LogP contribution in [-0.2, 0) is 4.79 Å². The summed E-state index contributed by atoms with van der Waals surface area (Å²) in [5.41, 5.74) is 3.22. The monoisotopic (exact) mass is 510 g/mol. The van der Waals surface area contributed by atoms with Crippen molar-refractivity contribution >= 4 is 40.6 Å². The summed E-state index contributed by atoms with van der Waals surface area (Å²) in [4.78, 5) is 22.8. The maximum Gasteiger partial charge on any atom is 0.305 e. The van der Waals surface area contributed by atoms with Gasteiger partial charge in [-0.3, -0.25) is 4.79 Å². The van der Waals surface area contributed by atoms with E-state index in [1.807, 2.05) is 22.8 Å². The van der Waals surface area contributed by atoms with Gasteiger partial charge in [0.2, 0.25) is 5.96 Å². The highest BCUT2D eigenvalue weighted by molar-refractivity contribution is 6.31. The lowest BCUT2D eigenvalue weighted by molar-refractivity contribution is -0.137. The van der Waals surface area contributed by atoms with Crippen LogP contribution in [-0.4, -0.2) is 48.1 Å². The number of carboxylic acid groups (broad SMARTS) is 1. The molecule has 0 spiro atoms. The number of hydrogen-bond donors (Lipinski definition) is 1. The zero-order chi connectivity index (χ0) is 25.4. The molecule has 2 aliphatic heterocycles. The van der Waals surface area contributed by atoms with Crippen LogP contribution in [0.25, 0.3) is 0 Å². The number of para-hydroxylation sites is 1. The third-order valence-electron chi connectivity index (χ3n) is 6.67. The van der Waals surface area contributed by atoms with E-state index in [1.165, 1.54) is 18.2 Å². The molecule has 36 heavy (non-hydrogen) atoms. The number of carboxylic acids is 1. The van der Waals surface area contributed by atoms with Crippen LogP contribution < -0.4 is 9.80 Å². The van der Waals surface area contributed by atoms with Gasteiger partial charge in [-0.05, 0) is 55.0 Å². The third-order valence-corrected chi connectivity index (χ3v) is 6.90. The van der Waals surface area contributed by atoms with E-state index in [-0.39, 0.29) is 17.9 Å². The number of aliphatic carboxylic acids is 1. The van der Waals surface area contributed by atoms with Gasteiger partial charge >= 0.3 is 5.97 Å². The minimum Gasteiger partial charge on any atom is -0.481 e. The molecule has 9 heteroatoms. The number of guanidine groups is 1. The molecular formula is C27H25ClF2N4O2. The second kappa shape index (κ2) is 9.78. The number of rotatable bonds is 4. The molecule has 3 aromatic rings. The molecule has 3 aromatic carbocycles. The maximum atomic E-state index is 15.0. The molecule has 1 unspecified atom stereocenters. The zero-order valence-corrected chi connectivity index (χ0v) is 20.4. The maximum absolute atomic E-state index is 15.0. The van der Waals surface area contributed by atoms with Crippen molar-refractivity contribution in [2.24, 2.45) is 4.99 Å². The second-order valence-electron chi connectivity index (χ2n) is 8.95. The third kappa shape index (κ3) is 4.60. The van der Waals surface area contributed by atoms with Gasteiger partial charge in [-0.1, -0.05) is 29.8 Å². The second-order valence-corrected chi connectivity index (χ2v) is 9.39. The van der Waals surface area contributed by atoms with Gasteiger partial charge in [0.05, 0.1) is 12.5 Å². The van der Waals surface area contributed by atoms with Gasteiger partial charge in [-0.25, -0.2) is 13.8 Å². The number of carbonyl (C=O) groups is 1. The summed E-state index contributed by atoms with van der Waals surface area (Å²) in [6, 6.07) is 15.8. The molecule has 0 bridgehead atoms. The Morgan fingerprint density at radius 3 is 2.42 bits per heavy atom. The number of fused-ring (bicyclic) bond motifs is 1. The van der Waals surface area contributed by atoms with E-state index in [1.54, 1.807) is 36.4 Å². The van der Waals surface area contributed by atoms with Crippen LogP contribution in [0.15, 0.2) is 65.7 Å². The summed E-state index contributed by atoms with van der Waals surface area (Å²) < 4.78 is 28.3. The van der Waals surface area contributed by atoms with Crippen molar-refractivity contribution in [2.75, 3.05) is 36.0 Å². The number of benzene rings is 3. The number of anilines is 2. The van der Waals surface area contributed by atoms with Crippen molar-refractivity contribution in [1.29, 1.82) is 0 Å². The molecule has 0 aromatic heterocycles. The summed E-state index contributed by atoms with van der Waals surface area (Å²) in [5.74, 6) is -1.29. The molecule has 1 N–H and O–H groups in total. The first-order chi connectivity index (χ1) is 17.3. The van der Waals surface area contributed by atoms with Crippen molar-refractivity contribution in [2.45, 2.75) is 19.4 Å². The number of aliphatic imine (C=N–C) groups is 1. The van der Waals surface area contributed by atoms with Gasteiger partial charge in [-0.15, -0.1) is 0 Å². The van der Waals surface area contributed by atoms with Crippen LogP contribution in [0.1, 0.15) is 23.6 Å². The Balaban J connectivity index is 1.56. The highest BCUT2D eigenvalue weighted by Gasteiger charge is 2.38. The molecule has 186 valence electrons. The standard InChI is InChI=1S/C27H25ClF2N4O2/c1-17-5-6-18(28)15-23(17)34-24(16-25(35)36)21-3-2-4-22(30)26(21)31-27(34)33-13-11-32(12-14-33)20-9-7-19(29)8-10-20/h2-10,15,24H,11-14,16H2,1H3,(H,35,36). The van der Waals surface area contributed by atoms with Crippen LogP contribution in [0.5, 0.6) is 0 Å². The Kier molecular flexibility index (Phi) is 6.53. The van der Waals surface area contributed by atoms with E-state index >= 15 is 0 Å². The fourth-order valence-corrected chi connectivity index (χ4v) is 5.04. The molecule has 1 saturated heterocycles. The first kappa shape index (κ1) is 24.1. The summed E-state index contributed by atoms with van der Waals surface area (Å²) in [5, 5.41) is 10.3. The highest BCUT2D eigenvalue weighted by Crippen LogP contribution is 2.43. The Bertz CT molecular complexity index is 1320. The molecule has 0 amide bonds. The molecule has 1 atom stereocenters. The fourth-order valence-electron chi connectivity index (χ4n) is 4.88. The first-order valence-electron chi connectivity index (χ1n) is 11.7. The van der Waals surface area contributed by atoms with Gasteiger partial charge in [0.25, 0.3) is 0 Å². The average molecular weight is 511 g/mol. The Hall–Kier alpha value is -3.65. The molecule has 2 heterocycles. The largest absolute Gasteiger partial charge is 0.481 e. The number of halogens is 3. The SMILES string of the molecule is Cc1ccc(Cl)cc1N1C(N2CCN(c3ccc(F)cc3)CC2)=Nc2c(F)cccc2C1CC(=O)O. The Morgan fingerprint density at radius 1 is 1.03 bits per heavy atom. The van der Waals surface area contributed by atoms with E-state index in [2.05, 4.69) is 4.90 Å². The van der Waals surface area contributed by atoms with Crippen molar-refractivity contribution in [3.63, 3.8) is 0 Å². The lowest BCUT2D eigenvalue weighted by Crippen LogP contribution is -2.55. The van der Waals surface area contributed by atoms with Crippen molar-refractivity contribution in [1.82, 2.24) is 4.90 Å². The Morgan fingerprint density at radius 2 is 1.72 bits per heavy atom. The van der Waals surface area contributed by atoms with Crippen molar-refractivity contribution in [3.05, 3.63) is 88.4 Å². The van der Waals surface area contributed by atoms with Crippen LogP contribution >= 0.6 is 11.6 Å². The lowest BCUT2D eigenvalue weighted by Gasteiger charge is -2.45. The summed E-state index contributed by atoms with van der Waals surface area (Å²) in [6.07, 6.45) is -0.239. The van der Waals surface area contributed by atoms with Crippen molar-refractivity contribution in [3.8, 4) is 0 Å². The Labute approximate surface area is 213 Å². The number of piperazine rings is 1. The van der Waals surface area contributed by atoms with Crippen LogP contribution in [0.3, 0.4) is 0 Å². The van der Waals surface area contributed by atoms with Gasteiger partial charge in [0.1, 0.15) is 17.3 Å². The minimum absolute atomic E-state index is 0.163. The summed E-state index contributed by atoms with van der Waals surface area (Å²) in [7, 11) is 0. The predicted octanol–water partition coefficient (Wildman–Crippen LogP) is 5.77. The summed E-state index contributed by atoms with van der Waals surface area (Å²) >= 11 is 6.36. The number of hydrogen-bond acceptors (Lipinski definition) is 5. The van der Waals surface area contributed by atoms with E-state index < -0.39 is 17.8 Å². The quantitative estimate of drug-likeness (QED) is 0.482. The van der Waals surface area contributed by atoms with E-state index in [4.69, 9.17) is 16.6 Å². The van der Waals surface area contributed by atoms with Crippen LogP contribution in [0.4, 0.5) is 25.8 Å². The number of nitrogens with zero attached hydrogens (tertiary/aromatic N) is 4. The molecule has 0 aliphatic carbocycles. The molecule has 0 saturated carbocycles. The molecular weight excluding hydrogens is 486 g/mol. The molecule has 6 nitrogen and oxygen atoms in total. The average Bonchev–Trinajstić information content (AvgIpc) is 2.86. The van der Waals surface area contributed by atoms with E-state index in [0.717, 1.165) is 16.9 Å². The van der Waals surface area contributed by atoms with E-state index in [9.17, 15) is 18.7 Å². The van der Waals surface area contributed by atoms with Gasteiger partial charge in [0.15, 0.2) is 0 Å². The van der Waals surface area contributed by atoms with Gasteiger partial charge < -0.3 is 19.8 Å². The minimum atomic E-state index is -0.998. The van der Waals surface area contributed by atoms with Gasteiger partial charge in [-0.2, -0.15) is 0 Å². The van der Waals surface area contributed by atoms with E-state index in [0.29, 0.717) is 42.7 Å². The zero-order valence-electron chi connectivity index (χ0n) is 19.7. The lowest BCUT2D eigenvalue weighted by atomic mass is 9.96.